The largest absolute Gasteiger partial charge is 0.497 e. The molecule has 34 heavy (non-hydrogen) atoms. The molecule has 1 unspecified atom stereocenters. The van der Waals surface area contributed by atoms with Crippen molar-refractivity contribution in [1.29, 1.82) is 0 Å². The number of hydrogen-bond acceptors (Lipinski definition) is 3. The molecule has 1 N–H and O–H groups in total. The Morgan fingerprint density at radius 2 is 1.68 bits per heavy atom. The van der Waals surface area contributed by atoms with Gasteiger partial charge in [-0.15, -0.1) is 0 Å². The van der Waals surface area contributed by atoms with Crippen LogP contribution < -0.4 is 10.1 Å². The van der Waals surface area contributed by atoms with E-state index in [4.69, 9.17) is 27.9 Å². The second-order valence-corrected chi connectivity index (χ2v) is 8.83. The van der Waals surface area contributed by atoms with Gasteiger partial charge in [0.25, 0.3) is 0 Å². The maximum absolute atomic E-state index is 13.2. The number of ether oxygens (including phenoxy) is 1. The van der Waals surface area contributed by atoms with Gasteiger partial charge in [-0.25, -0.2) is 0 Å². The minimum atomic E-state index is -0.670. The van der Waals surface area contributed by atoms with E-state index in [0.29, 0.717) is 29.4 Å². The van der Waals surface area contributed by atoms with E-state index in [9.17, 15) is 9.59 Å². The smallest absolute Gasteiger partial charge is 0.242 e. The van der Waals surface area contributed by atoms with E-state index in [0.717, 1.165) is 22.4 Å². The number of amides is 2. The Balaban J connectivity index is 1.71. The van der Waals surface area contributed by atoms with Crippen LogP contribution in [0.2, 0.25) is 10.0 Å². The van der Waals surface area contributed by atoms with Gasteiger partial charge in [-0.3, -0.25) is 9.59 Å². The number of nitrogens with zero attached hydrogens (tertiary/aromatic N) is 1. The Morgan fingerprint density at radius 3 is 2.32 bits per heavy atom. The molecule has 0 radical (unpaired) electrons. The maximum atomic E-state index is 13.2. The average molecular weight is 499 g/mol. The summed E-state index contributed by atoms with van der Waals surface area (Å²) < 4.78 is 5.22. The van der Waals surface area contributed by atoms with Crippen LogP contribution in [0.4, 0.5) is 0 Å². The minimum Gasteiger partial charge on any atom is -0.497 e. The monoisotopic (exact) mass is 498 g/mol. The van der Waals surface area contributed by atoms with Crippen LogP contribution >= 0.6 is 23.2 Å². The third-order valence-corrected chi connectivity index (χ3v) is 6.20. The molecule has 0 saturated carbocycles. The van der Waals surface area contributed by atoms with Crippen LogP contribution in [0, 0.1) is 0 Å². The quantitative estimate of drug-likeness (QED) is 0.391. The highest BCUT2D eigenvalue weighted by Gasteiger charge is 2.26. The predicted octanol–water partition coefficient (Wildman–Crippen LogP) is 5.67. The number of rotatable bonds is 10. The lowest BCUT2D eigenvalue weighted by Gasteiger charge is -2.29. The predicted molar refractivity (Wildman–Crippen MR) is 136 cm³/mol. The third kappa shape index (κ3) is 7.24. The fourth-order valence-electron chi connectivity index (χ4n) is 3.54. The van der Waals surface area contributed by atoms with Crippen molar-refractivity contribution in [3.8, 4) is 5.75 Å². The van der Waals surface area contributed by atoms with Crippen LogP contribution in [-0.2, 0) is 29.1 Å². The highest BCUT2D eigenvalue weighted by Crippen LogP contribution is 2.21. The van der Waals surface area contributed by atoms with Gasteiger partial charge in [0.2, 0.25) is 11.8 Å². The Bertz CT molecular complexity index is 1100. The molecule has 7 heteroatoms. The number of methoxy groups -OCH3 is 1. The Morgan fingerprint density at radius 1 is 0.971 bits per heavy atom. The van der Waals surface area contributed by atoms with Crippen LogP contribution in [0.5, 0.6) is 5.75 Å². The highest BCUT2D eigenvalue weighted by molar-refractivity contribution is 6.35. The van der Waals surface area contributed by atoms with Crippen molar-refractivity contribution in [2.24, 2.45) is 0 Å². The van der Waals surface area contributed by atoms with Crippen molar-refractivity contribution in [2.75, 3.05) is 7.11 Å². The number of aryl methyl sites for hydroxylation is 1. The number of carbonyl (C=O) groups is 2. The van der Waals surface area contributed by atoms with Crippen molar-refractivity contribution in [3.63, 3.8) is 0 Å². The molecule has 5 nitrogen and oxygen atoms in total. The van der Waals surface area contributed by atoms with Crippen LogP contribution in [0.25, 0.3) is 0 Å². The SMILES string of the molecule is COc1ccc(CN(C(=O)CCc2ccccc2)C(C)C(=O)NCc2ccc(Cl)cc2Cl)cc1. The van der Waals surface area contributed by atoms with Gasteiger partial charge in [-0.2, -0.15) is 0 Å². The summed E-state index contributed by atoms with van der Waals surface area (Å²) in [6, 6.07) is 21.8. The zero-order chi connectivity index (χ0) is 24.5. The highest BCUT2D eigenvalue weighted by atomic mass is 35.5. The summed E-state index contributed by atoms with van der Waals surface area (Å²) in [5.41, 5.74) is 2.74. The average Bonchev–Trinajstić information content (AvgIpc) is 2.85. The van der Waals surface area contributed by atoms with Crippen LogP contribution in [0.15, 0.2) is 72.8 Å². The second kappa shape index (κ2) is 12.4. The van der Waals surface area contributed by atoms with E-state index in [1.54, 1.807) is 37.1 Å². The van der Waals surface area contributed by atoms with E-state index >= 15 is 0 Å². The van der Waals surface area contributed by atoms with E-state index < -0.39 is 6.04 Å². The summed E-state index contributed by atoms with van der Waals surface area (Å²) >= 11 is 12.2. The Hall–Kier alpha value is -3.02. The first-order chi connectivity index (χ1) is 16.4. The molecule has 0 fully saturated rings. The van der Waals surface area contributed by atoms with Crippen LogP contribution in [0.3, 0.4) is 0 Å². The molecule has 3 rings (SSSR count). The van der Waals surface area contributed by atoms with Gasteiger partial charge >= 0.3 is 0 Å². The fraction of sp³-hybridized carbons (Fsp3) is 0.259. The van der Waals surface area contributed by atoms with E-state index in [-0.39, 0.29) is 18.4 Å². The van der Waals surface area contributed by atoms with Crippen molar-refractivity contribution in [2.45, 2.75) is 38.9 Å². The number of nitrogens with one attached hydrogen (secondary N) is 1. The lowest BCUT2D eigenvalue weighted by Crippen LogP contribution is -2.47. The third-order valence-electron chi connectivity index (χ3n) is 5.62. The molecule has 0 aliphatic heterocycles. The molecule has 0 saturated heterocycles. The van der Waals surface area contributed by atoms with Gasteiger partial charge in [-0.1, -0.05) is 71.7 Å². The minimum absolute atomic E-state index is 0.0909. The van der Waals surface area contributed by atoms with Gasteiger partial charge in [0, 0.05) is 29.6 Å². The molecule has 0 heterocycles. The number of hydrogen-bond donors (Lipinski definition) is 1. The van der Waals surface area contributed by atoms with E-state index in [1.807, 2.05) is 54.6 Å². The molecule has 2 amide bonds. The lowest BCUT2D eigenvalue weighted by molar-refractivity contribution is -0.140. The number of carbonyl (C=O) groups excluding carboxylic acids is 2. The van der Waals surface area contributed by atoms with Crippen molar-refractivity contribution in [3.05, 3.63) is 99.5 Å². The molecule has 0 aromatic heterocycles. The normalized spacial score (nSPS) is 11.5. The molecule has 178 valence electrons. The van der Waals surface area contributed by atoms with E-state index in [1.165, 1.54) is 0 Å². The first kappa shape index (κ1) is 25.6. The zero-order valence-electron chi connectivity index (χ0n) is 19.3. The van der Waals surface area contributed by atoms with Crippen LogP contribution in [0.1, 0.15) is 30.0 Å². The summed E-state index contributed by atoms with van der Waals surface area (Å²) in [5.74, 6) is 0.385. The molecule has 1 atom stereocenters. The second-order valence-electron chi connectivity index (χ2n) is 7.98. The Kier molecular flexibility index (Phi) is 9.37. The summed E-state index contributed by atoms with van der Waals surface area (Å²) in [4.78, 5) is 27.9. The summed E-state index contributed by atoms with van der Waals surface area (Å²) in [5, 5.41) is 3.90. The van der Waals surface area contributed by atoms with Crippen molar-refractivity contribution < 1.29 is 14.3 Å². The lowest BCUT2D eigenvalue weighted by atomic mass is 10.1. The summed E-state index contributed by atoms with van der Waals surface area (Å²) in [6.45, 7) is 2.30. The van der Waals surface area contributed by atoms with Gasteiger partial charge in [0.1, 0.15) is 11.8 Å². The molecule has 3 aromatic carbocycles. The molecule has 0 aliphatic carbocycles. The summed E-state index contributed by atoms with van der Waals surface area (Å²) in [6.07, 6.45) is 0.911. The van der Waals surface area contributed by atoms with E-state index in [2.05, 4.69) is 5.32 Å². The van der Waals surface area contributed by atoms with Crippen LogP contribution in [-0.4, -0.2) is 29.9 Å². The van der Waals surface area contributed by atoms with Gasteiger partial charge in [0.15, 0.2) is 0 Å². The van der Waals surface area contributed by atoms with Gasteiger partial charge < -0.3 is 15.0 Å². The standard InChI is InChI=1S/C27H28Cl2N2O3/c1-19(27(33)30-17-22-11-12-23(28)16-25(22)29)31(18-21-8-13-24(34-2)14-9-21)26(32)15-10-20-6-4-3-5-7-20/h3-9,11-14,16,19H,10,15,17-18H2,1-2H3,(H,30,33). The summed E-state index contributed by atoms with van der Waals surface area (Å²) in [7, 11) is 1.60. The molecular weight excluding hydrogens is 471 g/mol. The molecule has 0 bridgehead atoms. The van der Waals surface area contributed by atoms with Crippen molar-refractivity contribution >= 4 is 35.0 Å². The fourth-order valence-corrected chi connectivity index (χ4v) is 4.02. The van der Waals surface area contributed by atoms with Gasteiger partial charge in [-0.05, 0) is 54.3 Å². The molecule has 0 spiro atoms. The molecular formula is C27H28Cl2N2O3. The maximum Gasteiger partial charge on any atom is 0.242 e. The number of benzene rings is 3. The van der Waals surface area contributed by atoms with Crippen molar-refractivity contribution in [1.82, 2.24) is 10.2 Å². The zero-order valence-corrected chi connectivity index (χ0v) is 20.8. The Labute approximate surface area is 210 Å². The molecule has 0 aliphatic rings. The first-order valence-electron chi connectivity index (χ1n) is 11.1. The first-order valence-corrected chi connectivity index (χ1v) is 11.8. The molecule has 3 aromatic rings. The number of halogens is 2. The topological polar surface area (TPSA) is 58.6 Å². The van der Waals surface area contributed by atoms with Gasteiger partial charge in [0.05, 0.1) is 7.11 Å².